The van der Waals surface area contributed by atoms with Gasteiger partial charge in [-0.15, -0.1) is 0 Å². The van der Waals surface area contributed by atoms with Crippen LogP contribution in [0.4, 0.5) is 0 Å². The molecule has 0 saturated heterocycles. The fourth-order valence-corrected chi connectivity index (χ4v) is 1.46. The third kappa shape index (κ3) is 6.22. The molecule has 0 aromatic heterocycles. The van der Waals surface area contributed by atoms with Crippen molar-refractivity contribution in [2.75, 3.05) is 40.6 Å². The van der Waals surface area contributed by atoms with E-state index in [2.05, 4.69) is 5.32 Å². The normalized spacial score (nSPS) is 10.2. The van der Waals surface area contributed by atoms with Gasteiger partial charge in [-0.25, -0.2) is 0 Å². The molecule has 1 aromatic rings. The molecule has 5 heteroatoms. The molecule has 1 amide bonds. The average Bonchev–Trinajstić information content (AvgIpc) is 2.46. The summed E-state index contributed by atoms with van der Waals surface area (Å²) in [5, 5.41) is 2.84. The number of hydrogen-bond donors (Lipinski definition) is 1. The van der Waals surface area contributed by atoms with Crippen molar-refractivity contribution < 1.29 is 19.0 Å². The Labute approximate surface area is 113 Å². The van der Waals surface area contributed by atoms with Crippen molar-refractivity contribution in [2.45, 2.75) is 6.42 Å². The van der Waals surface area contributed by atoms with Gasteiger partial charge in [0.15, 0.2) is 0 Å². The van der Waals surface area contributed by atoms with E-state index in [1.807, 2.05) is 0 Å². The van der Waals surface area contributed by atoms with Gasteiger partial charge < -0.3 is 19.5 Å². The Balaban J connectivity index is 2.16. The molecule has 0 bridgehead atoms. The fourth-order valence-electron chi connectivity index (χ4n) is 1.46. The number of rotatable bonds is 9. The summed E-state index contributed by atoms with van der Waals surface area (Å²) in [7, 11) is 3.23. The van der Waals surface area contributed by atoms with Crippen LogP contribution in [0.15, 0.2) is 24.3 Å². The molecule has 0 unspecified atom stereocenters. The first-order valence-corrected chi connectivity index (χ1v) is 6.27. The standard InChI is InChI=1S/C14H21NO4/c1-17-10-11-19-9-3-8-15-14(16)12-4-6-13(18-2)7-5-12/h4-7H,3,8-11H2,1-2H3,(H,15,16). The quantitative estimate of drug-likeness (QED) is 0.689. The Kier molecular flexibility index (Phi) is 7.62. The maximum Gasteiger partial charge on any atom is 0.251 e. The largest absolute Gasteiger partial charge is 0.497 e. The first-order valence-electron chi connectivity index (χ1n) is 6.27. The van der Waals surface area contributed by atoms with Gasteiger partial charge in [0.2, 0.25) is 0 Å². The van der Waals surface area contributed by atoms with Crippen LogP contribution in [-0.4, -0.2) is 46.5 Å². The summed E-state index contributed by atoms with van der Waals surface area (Å²) in [5.74, 6) is 0.655. The Hall–Kier alpha value is -1.59. The number of carbonyl (C=O) groups is 1. The van der Waals surface area contributed by atoms with E-state index in [0.29, 0.717) is 31.9 Å². The Morgan fingerprint density at radius 3 is 2.47 bits per heavy atom. The number of nitrogens with one attached hydrogen (secondary N) is 1. The maximum atomic E-state index is 11.8. The highest BCUT2D eigenvalue weighted by Crippen LogP contribution is 2.10. The highest BCUT2D eigenvalue weighted by molar-refractivity contribution is 5.94. The Morgan fingerprint density at radius 1 is 1.11 bits per heavy atom. The van der Waals surface area contributed by atoms with Crippen LogP contribution in [0.1, 0.15) is 16.8 Å². The monoisotopic (exact) mass is 267 g/mol. The molecule has 5 nitrogen and oxygen atoms in total. The van der Waals surface area contributed by atoms with Crippen molar-refractivity contribution in [1.29, 1.82) is 0 Å². The smallest absolute Gasteiger partial charge is 0.251 e. The summed E-state index contributed by atoms with van der Waals surface area (Å²) in [6.07, 6.45) is 0.783. The number of amides is 1. The zero-order chi connectivity index (χ0) is 13.9. The van der Waals surface area contributed by atoms with E-state index in [4.69, 9.17) is 14.2 Å². The first kappa shape index (κ1) is 15.5. The molecule has 1 aromatic carbocycles. The van der Waals surface area contributed by atoms with Gasteiger partial charge in [-0.3, -0.25) is 4.79 Å². The Bertz CT molecular complexity index is 364. The molecule has 0 aliphatic carbocycles. The lowest BCUT2D eigenvalue weighted by molar-refractivity contribution is 0.0688. The minimum Gasteiger partial charge on any atom is -0.497 e. The van der Waals surface area contributed by atoms with Crippen molar-refractivity contribution in [3.05, 3.63) is 29.8 Å². The summed E-state index contributed by atoms with van der Waals surface area (Å²) in [4.78, 5) is 11.8. The summed E-state index contributed by atoms with van der Waals surface area (Å²) in [6.45, 7) is 2.39. The highest BCUT2D eigenvalue weighted by Gasteiger charge is 2.04. The van der Waals surface area contributed by atoms with Crippen molar-refractivity contribution in [1.82, 2.24) is 5.32 Å². The summed E-state index contributed by atoms with van der Waals surface area (Å²) in [6, 6.07) is 7.01. The van der Waals surface area contributed by atoms with Crippen LogP contribution in [0.3, 0.4) is 0 Å². The first-order chi connectivity index (χ1) is 9.27. The number of carbonyl (C=O) groups excluding carboxylic acids is 1. The van der Waals surface area contributed by atoms with Gasteiger partial charge in [0, 0.05) is 25.8 Å². The molecule has 0 aliphatic heterocycles. The second-order valence-electron chi connectivity index (χ2n) is 3.94. The van der Waals surface area contributed by atoms with Crippen LogP contribution < -0.4 is 10.1 Å². The predicted octanol–water partition coefficient (Wildman–Crippen LogP) is 1.48. The molecular weight excluding hydrogens is 246 g/mol. The molecule has 0 atom stereocenters. The third-order valence-electron chi connectivity index (χ3n) is 2.54. The third-order valence-corrected chi connectivity index (χ3v) is 2.54. The predicted molar refractivity (Wildman–Crippen MR) is 72.6 cm³/mol. The molecule has 0 spiro atoms. The molecule has 0 radical (unpaired) electrons. The lowest BCUT2D eigenvalue weighted by atomic mass is 10.2. The van der Waals surface area contributed by atoms with E-state index >= 15 is 0 Å². The molecule has 19 heavy (non-hydrogen) atoms. The zero-order valence-corrected chi connectivity index (χ0v) is 11.5. The minimum atomic E-state index is -0.0838. The van der Waals surface area contributed by atoms with E-state index < -0.39 is 0 Å². The number of methoxy groups -OCH3 is 2. The van der Waals surface area contributed by atoms with E-state index in [0.717, 1.165) is 12.2 Å². The number of ether oxygens (including phenoxy) is 3. The van der Waals surface area contributed by atoms with Crippen LogP contribution in [0.2, 0.25) is 0 Å². The van der Waals surface area contributed by atoms with Crippen molar-refractivity contribution in [3.63, 3.8) is 0 Å². The van der Waals surface area contributed by atoms with Gasteiger partial charge in [-0.2, -0.15) is 0 Å². The second-order valence-corrected chi connectivity index (χ2v) is 3.94. The van der Waals surface area contributed by atoms with Crippen LogP contribution >= 0.6 is 0 Å². The highest BCUT2D eigenvalue weighted by atomic mass is 16.5. The number of benzene rings is 1. The van der Waals surface area contributed by atoms with Crippen molar-refractivity contribution in [2.24, 2.45) is 0 Å². The van der Waals surface area contributed by atoms with Gasteiger partial charge in [0.1, 0.15) is 5.75 Å². The average molecular weight is 267 g/mol. The molecule has 0 saturated carbocycles. The van der Waals surface area contributed by atoms with Crippen LogP contribution in [0, 0.1) is 0 Å². The van der Waals surface area contributed by atoms with Gasteiger partial charge in [-0.05, 0) is 30.7 Å². The van der Waals surface area contributed by atoms with E-state index in [1.165, 1.54) is 0 Å². The summed E-state index contributed by atoms with van der Waals surface area (Å²) in [5.41, 5.74) is 0.626. The lowest BCUT2D eigenvalue weighted by Crippen LogP contribution is -2.25. The molecule has 0 fully saturated rings. The summed E-state index contributed by atoms with van der Waals surface area (Å²) >= 11 is 0. The van der Waals surface area contributed by atoms with E-state index in [9.17, 15) is 4.79 Å². The Morgan fingerprint density at radius 2 is 1.84 bits per heavy atom. The summed E-state index contributed by atoms with van der Waals surface area (Å²) < 4.78 is 15.2. The maximum absolute atomic E-state index is 11.8. The molecule has 0 heterocycles. The van der Waals surface area contributed by atoms with E-state index in [-0.39, 0.29) is 5.91 Å². The van der Waals surface area contributed by atoms with Crippen LogP contribution in [0.25, 0.3) is 0 Å². The second kappa shape index (κ2) is 9.35. The van der Waals surface area contributed by atoms with Crippen molar-refractivity contribution >= 4 is 5.91 Å². The topological polar surface area (TPSA) is 56.8 Å². The van der Waals surface area contributed by atoms with Crippen LogP contribution in [-0.2, 0) is 9.47 Å². The fraction of sp³-hybridized carbons (Fsp3) is 0.500. The molecule has 1 N–H and O–H groups in total. The number of hydrogen-bond acceptors (Lipinski definition) is 4. The molecule has 106 valence electrons. The molecule has 1 rings (SSSR count). The zero-order valence-electron chi connectivity index (χ0n) is 11.5. The van der Waals surface area contributed by atoms with E-state index in [1.54, 1.807) is 38.5 Å². The molecule has 0 aliphatic rings. The van der Waals surface area contributed by atoms with Gasteiger partial charge in [-0.1, -0.05) is 0 Å². The minimum absolute atomic E-state index is 0.0838. The molecular formula is C14H21NO4. The van der Waals surface area contributed by atoms with Gasteiger partial charge in [0.25, 0.3) is 5.91 Å². The SMILES string of the molecule is COCCOCCCNC(=O)c1ccc(OC)cc1. The van der Waals surface area contributed by atoms with Gasteiger partial charge >= 0.3 is 0 Å². The lowest BCUT2D eigenvalue weighted by Gasteiger charge is -2.06. The van der Waals surface area contributed by atoms with Crippen molar-refractivity contribution in [3.8, 4) is 5.75 Å². The van der Waals surface area contributed by atoms with Crippen LogP contribution in [0.5, 0.6) is 5.75 Å². The van der Waals surface area contributed by atoms with Gasteiger partial charge in [0.05, 0.1) is 20.3 Å².